The van der Waals surface area contributed by atoms with E-state index in [1.54, 1.807) is 6.07 Å². The Balaban J connectivity index is 1.36. The molecular weight excluding hydrogens is 307 g/mol. The molecule has 2 aliphatic rings. The van der Waals surface area contributed by atoms with Gasteiger partial charge < -0.3 is 9.64 Å². The quantitative estimate of drug-likeness (QED) is 0.750. The molecule has 2 saturated heterocycles. The molecule has 0 saturated carbocycles. The van der Waals surface area contributed by atoms with Gasteiger partial charge in [0.1, 0.15) is 5.78 Å². The van der Waals surface area contributed by atoms with E-state index in [0.29, 0.717) is 18.1 Å². The van der Waals surface area contributed by atoms with Crippen molar-refractivity contribution >= 4 is 5.78 Å². The molecule has 0 amide bonds. The largest absolute Gasteiger partial charge is 0.381 e. The van der Waals surface area contributed by atoms with Crippen molar-refractivity contribution in [3.8, 4) is 0 Å². The van der Waals surface area contributed by atoms with Crippen LogP contribution in [0.2, 0.25) is 0 Å². The molecule has 5 heteroatoms. The fourth-order valence-electron chi connectivity index (χ4n) is 3.80. The van der Waals surface area contributed by atoms with Crippen LogP contribution in [0.25, 0.3) is 0 Å². The second-order valence-electron chi connectivity index (χ2n) is 6.96. The van der Waals surface area contributed by atoms with Crippen molar-refractivity contribution in [1.29, 1.82) is 0 Å². The van der Waals surface area contributed by atoms with Crippen molar-refractivity contribution in [1.82, 2.24) is 9.88 Å². The summed E-state index contributed by atoms with van der Waals surface area (Å²) in [6.07, 6.45) is 5.46. The van der Waals surface area contributed by atoms with Gasteiger partial charge in [-0.15, -0.1) is 0 Å². The van der Waals surface area contributed by atoms with E-state index in [9.17, 15) is 9.18 Å². The molecule has 4 nitrogen and oxygen atoms in total. The predicted octanol–water partition coefficient (Wildman–Crippen LogP) is 3.18. The summed E-state index contributed by atoms with van der Waals surface area (Å²) < 4.78 is 18.5. The third-order valence-electron chi connectivity index (χ3n) is 5.32. The first-order valence-electron chi connectivity index (χ1n) is 9.17. The van der Waals surface area contributed by atoms with Gasteiger partial charge in [0.15, 0.2) is 0 Å². The number of carbonyl (C=O) groups excluding carboxylic acids is 1. The van der Waals surface area contributed by atoms with E-state index in [1.807, 2.05) is 6.07 Å². The molecule has 0 bridgehead atoms. The lowest BCUT2D eigenvalue weighted by Crippen LogP contribution is -2.34. The number of pyridine rings is 1. The van der Waals surface area contributed by atoms with Crippen LogP contribution in [0.4, 0.5) is 4.39 Å². The monoisotopic (exact) mass is 334 g/mol. The molecule has 3 heterocycles. The first-order valence-corrected chi connectivity index (χ1v) is 9.17. The minimum Gasteiger partial charge on any atom is -0.381 e. The van der Waals surface area contributed by atoms with E-state index in [-0.39, 0.29) is 11.9 Å². The molecule has 0 atom stereocenters. The van der Waals surface area contributed by atoms with Crippen LogP contribution in [-0.2, 0) is 9.53 Å². The predicted molar refractivity (Wildman–Crippen MR) is 90.4 cm³/mol. The average molecular weight is 334 g/mol. The molecule has 24 heavy (non-hydrogen) atoms. The molecule has 2 fully saturated rings. The van der Waals surface area contributed by atoms with E-state index in [0.717, 1.165) is 70.6 Å². The highest BCUT2D eigenvalue weighted by atomic mass is 19.1. The number of carbonyl (C=O) groups is 1. The van der Waals surface area contributed by atoms with Gasteiger partial charge in [0, 0.05) is 37.2 Å². The maximum atomic E-state index is 13.2. The van der Waals surface area contributed by atoms with Gasteiger partial charge in [-0.05, 0) is 63.9 Å². The van der Waals surface area contributed by atoms with Gasteiger partial charge in [0.25, 0.3) is 0 Å². The smallest absolute Gasteiger partial charge is 0.213 e. The Bertz CT molecular complexity index is 538. The Hall–Kier alpha value is -1.33. The van der Waals surface area contributed by atoms with Crippen molar-refractivity contribution in [3.63, 3.8) is 0 Å². The second kappa shape index (κ2) is 8.67. The van der Waals surface area contributed by atoms with E-state index in [2.05, 4.69) is 9.88 Å². The van der Waals surface area contributed by atoms with Crippen molar-refractivity contribution in [2.45, 2.75) is 44.4 Å². The number of hydrogen-bond donors (Lipinski definition) is 0. The average Bonchev–Trinajstić information content (AvgIpc) is 2.63. The number of piperidine rings is 1. The van der Waals surface area contributed by atoms with Crippen molar-refractivity contribution < 1.29 is 13.9 Å². The number of Topliss-reactive ketones (excluding diaryl/α,β-unsaturated/α-hetero) is 1. The van der Waals surface area contributed by atoms with Crippen LogP contribution < -0.4 is 0 Å². The lowest BCUT2D eigenvalue weighted by molar-refractivity contribution is -0.125. The van der Waals surface area contributed by atoms with Gasteiger partial charge in [0.2, 0.25) is 5.95 Å². The standard InChI is InChI=1S/C19H27FN2O2/c20-19-5-1-3-17(21-19)15-6-11-22(12-7-15)10-2-4-18(23)16-8-13-24-14-9-16/h1,3,5,15-16H,2,4,6-14H2. The summed E-state index contributed by atoms with van der Waals surface area (Å²) in [7, 11) is 0. The maximum absolute atomic E-state index is 13.2. The molecule has 3 rings (SSSR count). The van der Waals surface area contributed by atoms with Gasteiger partial charge in [-0.25, -0.2) is 4.98 Å². The zero-order valence-electron chi connectivity index (χ0n) is 14.3. The van der Waals surface area contributed by atoms with Crippen LogP contribution in [0.1, 0.15) is 50.1 Å². The number of ether oxygens (including phenoxy) is 1. The van der Waals surface area contributed by atoms with Crippen molar-refractivity contribution in [3.05, 3.63) is 29.8 Å². The Kier molecular flexibility index (Phi) is 6.32. The lowest BCUT2D eigenvalue weighted by atomic mass is 9.91. The summed E-state index contributed by atoms with van der Waals surface area (Å²) in [6.45, 7) is 4.47. The fraction of sp³-hybridized carbons (Fsp3) is 0.684. The van der Waals surface area contributed by atoms with Crippen LogP contribution in [-0.4, -0.2) is 48.5 Å². The maximum Gasteiger partial charge on any atom is 0.213 e. The van der Waals surface area contributed by atoms with Crippen LogP contribution >= 0.6 is 0 Å². The minimum absolute atomic E-state index is 0.225. The van der Waals surface area contributed by atoms with Gasteiger partial charge >= 0.3 is 0 Å². The third kappa shape index (κ3) is 4.84. The second-order valence-corrected chi connectivity index (χ2v) is 6.96. The van der Waals surface area contributed by atoms with Gasteiger partial charge in [-0.2, -0.15) is 4.39 Å². The SMILES string of the molecule is O=C(CCCN1CCC(c2cccc(F)n2)CC1)C1CCOCC1. The summed E-state index contributed by atoms with van der Waals surface area (Å²) in [5, 5.41) is 0. The number of likely N-dealkylation sites (tertiary alicyclic amines) is 1. The number of ketones is 1. The molecule has 0 aromatic carbocycles. The molecule has 1 aromatic heterocycles. The van der Waals surface area contributed by atoms with Crippen LogP contribution in [0, 0.1) is 11.9 Å². The topological polar surface area (TPSA) is 42.4 Å². The molecule has 0 spiro atoms. The molecule has 132 valence electrons. The van der Waals surface area contributed by atoms with Crippen LogP contribution in [0.15, 0.2) is 18.2 Å². The molecule has 1 aromatic rings. The third-order valence-corrected chi connectivity index (χ3v) is 5.32. The van der Waals surface area contributed by atoms with Gasteiger partial charge in [-0.3, -0.25) is 4.79 Å². The Morgan fingerprint density at radius 2 is 1.96 bits per heavy atom. The van der Waals surface area contributed by atoms with Crippen molar-refractivity contribution in [2.75, 3.05) is 32.8 Å². The first kappa shape index (κ1) is 17.5. The lowest BCUT2D eigenvalue weighted by Gasteiger charge is -2.31. The van der Waals surface area contributed by atoms with E-state index < -0.39 is 0 Å². The Morgan fingerprint density at radius 1 is 1.21 bits per heavy atom. The Morgan fingerprint density at radius 3 is 2.67 bits per heavy atom. The van der Waals surface area contributed by atoms with Crippen LogP contribution in [0.3, 0.4) is 0 Å². The zero-order valence-corrected chi connectivity index (χ0v) is 14.3. The van der Waals surface area contributed by atoms with E-state index >= 15 is 0 Å². The minimum atomic E-state index is -0.387. The van der Waals surface area contributed by atoms with E-state index in [4.69, 9.17) is 4.74 Å². The summed E-state index contributed by atoms with van der Waals surface area (Å²) in [6, 6.07) is 5.07. The Labute approximate surface area is 143 Å². The highest BCUT2D eigenvalue weighted by Gasteiger charge is 2.23. The zero-order chi connectivity index (χ0) is 16.8. The molecule has 0 radical (unpaired) electrons. The molecule has 2 aliphatic heterocycles. The summed E-state index contributed by atoms with van der Waals surface area (Å²) >= 11 is 0. The summed E-state index contributed by atoms with van der Waals surface area (Å²) in [4.78, 5) is 18.6. The normalized spacial score (nSPS) is 21.0. The van der Waals surface area contributed by atoms with Crippen molar-refractivity contribution in [2.24, 2.45) is 5.92 Å². The molecule has 0 unspecified atom stereocenters. The number of aromatic nitrogens is 1. The van der Waals surface area contributed by atoms with Gasteiger partial charge in [0.05, 0.1) is 0 Å². The number of nitrogens with zero attached hydrogens (tertiary/aromatic N) is 2. The summed E-state index contributed by atoms with van der Waals surface area (Å²) in [5.41, 5.74) is 0.879. The number of hydrogen-bond acceptors (Lipinski definition) is 4. The fourth-order valence-corrected chi connectivity index (χ4v) is 3.80. The summed E-state index contributed by atoms with van der Waals surface area (Å²) in [5.74, 6) is 0.614. The van der Waals surface area contributed by atoms with E-state index in [1.165, 1.54) is 6.07 Å². The highest BCUT2D eigenvalue weighted by Crippen LogP contribution is 2.27. The molecule has 0 aliphatic carbocycles. The van der Waals surface area contributed by atoms with Crippen LogP contribution in [0.5, 0.6) is 0 Å². The number of rotatable bonds is 6. The number of halogens is 1. The first-order chi connectivity index (χ1) is 11.7. The molecule has 0 N–H and O–H groups in total. The molecular formula is C19H27FN2O2. The van der Waals surface area contributed by atoms with Gasteiger partial charge in [-0.1, -0.05) is 6.07 Å². The highest BCUT2D eigenvalue weighted by molar-refractivity contribution is 5.81.